The lowest BCUT2D eigenvalue weighted by Crippen LogP contribution is -2.42. The van der Waals surface area contributed by atoms with Gasteiger partial charge in [-0.1, -0.05) is 50.2 Å². The van der Waals surface area contributed by atoms with Gasteiger partial charge in [0.25, 0.3) is 5.91 Å². The number of nitrogens with one attached hydrogen (secondary N) is 2. The summed E-state index contributed by atoms with van der Waals surface area (Å²) in [6.45, 7) is 5.31. The maximum Gasteiger partial charge on any atom is 0.325 e. The summed E-state index contributed by atoms with van der Waals surface area (Å²) in [6.07, 6.45) is 0. The van der Waals surface area contributed by atoms with Crippen LogP contribution in [0.25, 0.3) is 11.3 Å². The fourth-order valence-electron chi connectivity index (χ4n) is 3.62. The molecule has 1 aromatic heterocycles. The molecular formula is C24H23FN4O3S. The number of aromatic nitrogens is 1. The molecule has 33 heavy (non-hydrogen) atoms. The minimum atomic E-state index is -1.37. The average molecular weight is 467 g/mol. The number of rotatable bonds is 6. The van der Waals surface area contributed by atoms with Crippen LogP contribution in [0.3, 0.4) is 0 Å². The molecule has 4 amide bonds. The molecule has 2 aromatic carbocycles. The van der Waals surface area contributed by atoms with E-state index in [0.29, 0.717) is 16.6 Å². The molecule has 2 N–H and O–H groups in total. The summed E-state index contributed by atoms with van der Waals surface area (Å²) in [6, 6.07) is 12.7. The van der Waals surface area contributed by atoms with Gasteiger partial charge in [-0.25, -0.2) is 14.2 Å². The summed E-state index contributed by atoms with van der Waals surface area (Å²) >= 11 is 1.26. The molecule has 1 fully saturated rings. The van der Waals surface area contributed by atoms with Crippen molar-refractivity contribution >= 4 is 34.3 Å². The van der Waals surface area contributed by atoms with Gasteiger partial charge in [0, 0.05) is 10.9 Å². The van der Waals surface area contributed by atoms with E-state index in [2.05, 4.69) is 29.5 Å². The lowest BCUT2D eigenvalue weighted by Gasteiger charge is -2.22. The van der Waals surface area contributed by atoms with E-state index in [4.69, 9.17) is 0 Å². The molecule has 3 aromatic rings. The van der Waals surface area contributed by atoms with Crippen molar-refractivity contribution in [3.05, 3.63) is 70.9 Å². The van der Waals surface area contributed by atoms with E-state index < -0.39 is 35.7 Å². The van der Waals surface area contributed by atoms with Crippen LogP contribution in [0.4, 0.5) is 14.3 Å². The summed E-state index contributed by atoms with van der Waals surface area (Å²) in [7, 11) is 0. The Kier molecular flexibility index (Phi) is 5.99. The van der Waals surface area contributed by atoms with Crippen LogP contribution < -0.4 is 10.6 Å². The molecule has 1 saturated heterocycles. The highest BCUT2D eigenvalue weighted by Crippen LogP contribution is 2.29. The third-order valence-corrected chi connectivity index (χ3v) is 6.38. The monoisotopic (exact) mass is 466 g/mol. The number of halogens is 1. The maximum absolute atomic E-state index is 13.2. The minimum absolute atomic E-state index is 0.372. The van der Waals surface area contributed by atoms with Gasteiger partial charge in [-0.05, 0) is 36.1 Å². The molecule has 0 aliphatic carbocycles. The first-order chi connectivity index (χ1) is 15.7. The van der Waals surface area contributed by atoms with E-state index in [1.807, 2.05) is 29.6 Å². The molecule has 0 saturated carbocycles. The molecule has 0 bridgehead atoms. The van der Waals surface area contributed by atoms with E-state index in [-0.39, 0.29) is 0 Å². The molecule has 170 valence electrons. The molecule has 4 rings (SSSR count). The highest BCUT2D eigenvalue weighted by atomic mass is 32.1. The number of anilines is 1. The zero-order chi connectivity index (χ0) is 23.8. The summed E-state index contributed by atoms with van der Waals surface area (Å²) in [5.74, 6) is -1.15. The molecule has 2 heterocycles. The zero-order valence-corrected chi connectivity index (χ0v) is 19.2. The molecule has 0 spiro atoms. The fourth-order valence-corrected chi connectivity index (χ4v) is 4.36. The Labute approximate surface area is 194 Å². The van der Waals surface area contributed by atoms with E-state index >= 15 is 0 Å². The van der Waals surface area contributed by atoms with Gasteiger partial charge < -0.3 is 10.6 Å². The van der Waals surface area contributed by atoms with Gasteiger partial charge in [0.05, 0.1) is 5.69 Å². The van der Waals surface area contributed by atoms with Crippen molar-refractivity contribution in [3.63, 3.8) is 0 Å². The van der Waals surface area contributed by atoms with Gasteiger partial charge >= 0.3 is 6.03 Å². The number of nitrogens with zero attached hydrogens (tertiary/aromatic N) is 2. The van der Waals surface area contributed by atoms with Crippen LogP contribution in [0.15, 0.2) is 53.9 Å². The van der Waals surface area contributed by atoms with E-state index in [1.165, 1.54) is 48.1 Å². The number of urea groups is 1. The van der Waals surface area contributed by atoms with Crippen LogP contribution in [0.5, 0.6) is 0 Å². The number of hydrogen-bond donors (Lipinski definition) is 2. The van der Waals surface area contributed by atoms with Gasteiger partial charge in [0.15, 0.2) is 5.13 Å². The number of amides is 4. The second kappa shape index (κ2) is 8.74. The van der Waals surface area contributed by atoms with Gasteiger partial charge in [-0.3, -0.25) is 14.5 Å². The van der Waals surface area contributed by atoms with Gasteiger partial charge in [0.2, 0.25) is 5.91 Å². The molecule has 1 aliphatic heterocycles. The number of hydrogen-bond acceptors (Lipinski definition) is 5. The molecule has 1 aliphatic rings. The highest BCUT2D eigenvalue weighted by Gasteiger charge is 2.49. The Hall–Kier alpha value is -3.59. The topological polar surface area (TPSA) is 91.4 Å². The molecule has 7 nitrogen and oxygen atoms in total. The SMILES string of the molecule is CC(C)c1ccc(-c2csc(NC(=O)CN3C(=O)NC(C)(c4ccc(F)cc4)C3=O)n2)cc1. The van der Waals surface area contributed by atoms with Crippen LogP contribution in [0.1, 0.15) is 37.8 Å². The fraction of sp³-hybridized carbons (Fsp3) is 0.250. The van der Waals surface area contributed by atoms with Crippen molar-refractivity contribution in [3.8, 4) is 11.3 Å². The van der Waals surface area contributed by atoms with Crippen molar-refractivity contribution < 1.29 is 18.8 Å². The van der Waals surface area contributed by atoms with Crippen molar-refractivity contribution in [2.45, 2.75) is 32.2 Å². The van der Waals surface area contributed by atoms with E-state index in [0.717, 1.165) is 16.2 Å². The van der Waals surface area contributed by atoms with Crippen LogP contribution in [0.2, 0.25) is 0 Å². The second-order valence-electron chi connectivity index (χ2n) is 8.32. The number of imide groups is 1. The molecule has 0 radical (unpaired) electrons. The van der Waals surface area contributed by atoms with Crippen molar-refractivity contribution in [1.29, 1.82) is 0 Å². The van der Waals surface area contributed by atoms with Crippen LogP contribution >= 0.6 is 11.3 Å². The number of carbonyl (C=O) groups is 3. The van der Waals surface area contributed by atoms with Crippen LogP contribution in [-0.4, -0.2) is 34.3 Å². The minimum Gasteiger partial charge on any atom is -0.319 e. The van der Waals surface area contributed by atoms with E-state index in [9.17, 15) is 18.8 Å². The summed E-state index contributed by atoms with van der Waals surface area (Å²) in [5.41, 5.74) is 1.94. The Morgan fingerprint density at radius 1 is 1.15 bits per heavy atom. The largest absolute Gasteiger partial charge is 0.325 e. The van der Waals surface area contributed by atoms with Crippen LogP contribution in [0, 0.1) is 5.82 Å². The third kappa shape index (κ3) is 4.49. The summed E-state index contributed by atoms with van der Waals surface area (Å²) < 4.78 is 13.2. The summed E-state index contributed by atoms with van der Waals surface area (Å²) in [5, 5.41) is 7.45. The Balaban J connectivity index is 1.42. The lowest BCUT2D eigenvalue weighted by atomic mass is 9.92. The first-order valence-corrected chi connectivity index (χ1v) is 11.3. The first kappa shape index (κ1) is 22.6. The Bertz CT molecular complexity index is 1210. The summed E-state index contributed by atoms with van der Waals surface area (Å²) in [4.78, 5) is 43.2. The zero-order valence-electron chi connectivity index (χ0n) is 18.4. The maximum atomic E-state index is 13.2. The van der Waals surface area contributed by atoms with Crippen molar-refractivity contribution in [2.24, 2.45) is 0 Å². The number of benzene rings is 2. The predicted octanol–water partition coefficient (Wildman–Crippen LogP) is 4.48. The van der Waals surface area contributed by atoms with E-state index in [1.54, 1.807) is 0 Å². The van der Waals surface area contributed by atoms with Crippen molar-refractivity contribution in [2.75, 3.05) is 11.9 Å². The molecular weight excluding hydrogens is 443 g/mol. The molecule has 1 atom stereocenters. The van der Waals surface area contributed by atoms with Gasteiger partial charge in [-0.15, -0.1) is 11.3 Å². The molecule has 9 heteroatoms. The quantitative estimate of drug-likeness (QED) is 0.524. The average Bonchev–Trinajstić information content (AvgIpc) is 3.33. The normalized spacial score (nSPS) is 18.0. The Morgan fingerprint density at radius 2 is 1.82 bits per heavy atom. The smallest absolute Gasteiger partial charge is 0.319 e. The highest BCUT2D eigenvalue weighted by molar-refractivity contribution is 7.14. The van der Waals surface area contributed by atoms with Gasteiger partial charge in [0.1, 0.15) is 17.9 Å². The number of carbonyl (C=O) groups excluding carboxylic acids is 3. The second-order valence-corrected chi connectivity index (χ2v) is 9.17. The number of thiazole rings is 1. The lowest BCUT2D eigenvalue weighted by molar-refractivity contribution is -0.133. The third-order valence-electron chi connectivity index (χ3n) is 5.62. The van der Waals surface area contributed by atoms with Crippen LogP contribution in [-0.2, 0) is 15.1 Å². The Morgan fingerprint density at radius 3 is 2.45 bits per heavy atom. The predicted molar refractivity (Wildman–Crippen MR) is 124 cm³/mol. The standard InChI is InChI=1S/C24H23FN4O3S/c1-14(2)15-4-6-16(7-5-15)19-13-33-22(26-19)27-20(30)12-29-21(31)24(3,28-23(29)32)17-8-10-18(25)11-9-17/h4-11,13-14H,12H2,1-3H3,(H,28,32)(H,26,27,30). The molecule has 1 unspecified atom stereocenters. The first-order valence-electron chi connectivity index (χ1n) is 10.4. The van der Waals surface area contributed by atoms with Crippen molar-refractivity contribution in [1.82, 2.24) is 15.2 Å². The van der Waals surface area contributed by atoms with Gasteiger partial charge in [-0.2, -0.15) is 0 Å².